The lowest BCUT2D eigenvalue weighted by atomic mass is 9.73. The highest BCUT2D eigenvalue weighted by atomic mass is 16.5. The van der Waals surface area contributed by atoms with Gasteiger partial charge >= 0.3 is 0 Å². The Hall–Kier alpha value is -3.08. The summed E-state index contributed by atoms with van der Waals surface area (Å²) in [5.41, 5.74) is 3.94. The third kappa shape index (κ3) is 3.85. The van der Waals surface area contributed by atoms with Crippen LogP contribution in [0.2, 0.25) is 0 Å². The fourth-order valence-corrected chi connectivity index (χ4v) is 4.64. The summed E-state index contributed by atoms with van der Waals surface area (Å²) in [6, 6.07) is 15.0. The maximum atomic E-state index is 13.6. The predicted molar refractivity (Wildman–Crippen MR) is 123 cm³/mol. The van der Waals surface area contributed by atoms with Crippen LogP contribution in [-0.4, -0.2) is 18.8 Å². The van der Waals surface area contributed by atoms with E-state index in [1.54, 1.807) is 12.0 Å². The van der Waals surface area contributed by atoms with Gasteiger partial charge in [0.05, 0.1) is 24.5 Å². The van der Waals surface area contributed by atoms with Crippen molar-refractivity contribution in [1.29, 1.82) is 0 Å². The van der Waals surface area contributed by atoms with Gasteiger partial charge in [-0.2, -0.15) is 0 Å². The summed E-state index contributed by atoms with van der Waals surface area (Å²) in [4.78, 5) is 29.0. The van der Waals surface area contributed by atoms with Crippen LogP contribution in [0.1, 0.15) is 52.1 Å². The standard InChI is InChI=1S/C26H30N2O3/c1-16(2)25(30)28-21-12-7-6-11-19(21)27-20-14-26(3,4)15-22(29)23(20)24(28)17-9-8-10-18(13-17)31-5/h6-13,16,24,27H,14-15H2,1-5H3. The zero-order valence-corrected chi connectivity index (χ0v) is 18.9. The summed E-state index contributed by atoms with van der Waals surface area (Å²) < 4.78 is 5.47. The van der Waals surface area contributed by atoms with Crippen LogP contribution in [0.4, 0.5) is 11.4 Å². The van der Waals surface area contributed by atoms with E-state index in [2.05, 4.69) is 19.2 Å². The van der Waals surface area contributed by atoms with E-state index < -0.39 is 6.04 Å². The molecule has 5 heteroatoms. The van der Waals surface area contributed by atoms with Gasteiger partial charge in [-0.15, -0.1) is 0 Å². The number of hydrogen-bond acceptors (Lipinski definition) is 4. The number of rotatable bonds is 3. The minimum atomic E-state index is -0.514. The summed E-state index contributed by atoms with van der Waals surface area (Å²) in [6.45, 7) is 8.02. The fourth-order valence-electron chi connectivity index (χ4n) is 4.64. The minimum absolute atomic E-state index is 0.0200. The molecule has 0 aromatic heterocycles. The lowest BCUT2D eigenvalue weighted by molar-refractivity contribution is -0.122. The third-order valence-corrected chi connectivity index (χ3v) is 6.04. The Morgan fingerprint density at radius 2 is 1.87 bits per heavy atom. The molecule has 5 nitrogen and oxygen atoms in total. The molecule has 1 N–H and O–H groups in total. The van der Waals surface area contributed by atoms with E-state index in [1.807, 2.05) is 62.4 Å². The first-order chi connectivity index (χ1) is 14.7. The van der Waals surface area contributed by atoms with Crippen LogP contribution in [0.3, 0.4) is 0 Å². The van der Waals surface area contributed by atoms with Gasteiger partial charge in [0.1, 0.15) is 5.75 Å². The number of para-hydroxylation sites is 2. The van der Waals surface area contributed by atoms with Gasteiger partial charge in [0.15, 0.2) is 5.78 Å². The number of amides is 1. The Balaban J connectivity index is 2.02. The highest BCUT2D eigenvalue weighted by molar-refractivity contribution is 6.06. The molecule has 0 saturated carbocycles. The number of carbonyl (C=O) groups is 2. The van der Waals surface area contributed by atoms with Crippen LogP contribution in [-0.2, 0) is 9.59 Å². The quantitative estimate of drug-likeness (QED) is 0.716. The number of ether oxygens (including phenoxy) is 1. The van der Waals surface area contributed by atoms with E-state index in [-0.39, 0.29) is 23.0 Å². The Bertz CT molecular complexity index is 1070. The number of methoxy groups -OCH3 is 1. The molecule has 1 atom stereocenters. The minimum Gasteiger partial charge on any atom is -0.497 e. The van der Waals surface area contributed by atoms with Gasteiger partial charge in [-0.25, -0.2) is 0 Å². The van der Waals surface area contributed by atoms with E-state index in [4.69, 9.17) is 4.74 Å². The first-order valence-corrected chi connectivity index (χ1v) is 10.8. The van der Waals surface area contributed by atoms with E-state index in [0.717, 1.165) is 29.1 Å². The topological polar surface area (TPSA) is 58.6 Å². The summed E-state index contributed by atoms with van der Waals surface area (Å²) in [5.74, 6) is 0.540. The number of benzene rings is 2. The summed E-state index contributed by atoms with van der Waals surface area (Å²) in [7, 11) is 1.62. The van der Waals surface area contributed by atoms with Crippen molar-refractivity contribution in [2.24, 2.45) is 11.3 Å². The average molecular weight is 419 g/mol. The van der Waals surface area contributed by atoms with Crippen molar-refractivity contribution in [2.75, 3.05) is 17.3 Å². The third-order valence-electron chi connectivity index (χ3n) is 6.04. The van der Waals surface area contributed by atoms with Crippen LogP contribution in [0.25, 0.3) is 0 Å². The molecule has 2 aliphatic rings. The first kappa shape index (κ1) is 21.2. The van der Waals surface area contributed by atoms with Crippen molar-refractivity contribution in [3.8, 4) is 5.75 Å². The van der Waals surface area contributed by atoms with Crippen LogP contribution < -0.4 is 15.0 Å². The molecule has 162 valence electrons. The largest absolute Gasteiger partial charge is 0.497 e. The van der Waals surface area contributed by atoms with Crippen molar-refractivity contribution >= 4 is 23.1 Å². The number of fused-ring (bicyclic) bond motifs is 1. The molecule has 31 heavy (non-hydrogen) atoms. The van der Waals surface area contributed by atoms with Crippen molar-refractivity contribution in [1.82, 2.24) is 0 Å². The van der Waals surface area contributed by atoms with Gasteiger partial charge in [0.2, 0.25) is 5.91 Å². The molecular weight excluding hydrogens is 388 g/mol. The number of ketones is 1. The maximum absolute atomic E-state index is 13.6. The highest BCUT2D eigenvalue weighted by Gasteiger charge is 2.43. The average Bonchev–Trinajstić information content (AvgIpc) is 2.86. The molecule has 1 unspecified atom stereocenters. The maximum Gasteiger partial charge on any atom is 0.230 e. The van der Waals surface area contributed by atoms with Crippen LogP contribution in [0.5, 0.6) is 5.75 Å². The smallest absolute Gasteiger partial charge is 0.230 e. The first-order valence-electron chi connectivity index (χ1n) is 10.8. The molecule has 1 amide bonds. The molecule has 1 aliphatic carbocycles. The second-order valence-electron chi connectivity index (χ2n) is 9.52. The second kappa shape index (κ2) is 7.88. The zero-order chi connectivity index (χ0) is 22.3. The fraction of sp³-hybridized carbons (Fsp3) is 0.385. The number of Topliss-reactive ketones (excluding diaryl/α,β-unsaturated/α-hetero) is 1. The number of nitrogens with one attached hydrogen (secondary N) is 1. The van der Waals surface area contributed by atoms with Gasteiger partial charge in [0.25, 0.3) is 0 Å². The monoisotopic (exact) mass is 418 g/mol. The predicted octanol–water partition coefficient (Wildman–Crippen LogP) is 5.49. The number of anilines is 2. The Morgan fingerprint density at radius 1 is 1.13 bits per heavy atom. The molecule has 2 aromatic rings. The van der Waals surface area contributed by atoms with Crippen molar-refractivity contribution in [3.63, 3.8) is 0 Å². The number of hydrogen-bond donors (Lipinski definition) is 1. The summed E-state index contributed by atoms with van der Waals surface area (Å²) >= 11 is 0. The molecule has 0 radical (unpaired) electrons. The molecule has 0 saturated heterocycles. The lowest BCUT2D eigenvalue weighted by Gasteiger charge is -2.37. The van der Waals surface area contributed by atoms with Gasteiger partial charge < -0.3 is 10.1 Å². The van der Waals surface area contributed by atoms with Gasteiger partial charge in [-0.05, 0) is 41.7 Å². The van der Waals surface area contributed by atoms with E-state index in [1.165, 1.54) is 0 Å². The zero-order valence-electron chi connectivity index (χ0n) is 18.9. The van der Waals surface area contributed by atoms with Crippen LogP contribution in [0.15, 0.2) is 59.8 Å². The molecule has 0 spiro atoms. The molecule has 1 heterocycles. The summed E-state index contributed by atoms with van der Waals surface area (Å²) in [6.07, 6.45) is 1.20. The van der Waals surface area contributed by atoms with E-state index in [0.29, 0.717) is 17.7 Å². The molecular formula is C26H30N2O3. The Morgan fingerprint density at radius 3 is 2.58 bits per heavy atom. The van der Waals surface area contributed by atoms with Crippen molar-refractivity contribution in [2.45, 2.75) is 46.6 Å². The lowest BCUT2D eigenvalue weighted by Crippen LogP contribution is -2.41. The summed E-state index contributed by atoms with van der Waals surface area (Å²) in [5, 5.41) is 3.53. The SMILES string of the molecule is COc1cccc(C2C3=C(CC(C)(C)CC3=O)Nc3ccccc3N2C(=O)C(C)C)c1. The van der Waals surface area contributed by atoms with Crippen LogP contribution in [0, 0.1) is 11.3 Å². The number of nitrogens with zero attached hydrogens (tertiary/aromatic N) is 1. The highest BCUT2D eigenvalue weighted by Crippen LogP contribution is 2.48. The van der Waals surface area contributed by atoms with Crippen molar-refractivity contribution < 1.29 is 14.3 Å². The van der Waals surface area contributed by atoms with E-state index in [9.17, 15) is 9.59 Å². The second-order valence-corrected chi connectivity index (χ2v) is 9.52. The van der Waals surface area contributed by atoms with Crippen molar-refractivity contribution in [3.05, 3.63) is 65.4 Å². The molecule has 4 rings (SSSR count). The van der Waals surface area contributed by atoms with E-state index >= 15 is 0 Å². The molecule has 0 fully saturated rings. The Labute approximate surface area is 184 Å². The Kier molecular flexibility index (Phi) is 5.38. The number of allylic oxidation sites excluding steroid dienone is 1. The molecule has 0 bridgehead atoms. The number of carbonyl (C=O) groups excluding carboxylic acids is 2. The molecule has 2 aromatic carbocycles. The molecule has 1 aliphatic heterocycles. The normalized spacial score (nSPS) is 20.0. The van der Waals surface area contributed by atoms with Gasteiger partial charge in [-0.3, -0.25) is 14.5 Å². The van der Waals surface area contributed by atoms with Crippen LogP contribution >= 0.6 is 0 Å². The van der Waals surface area contributed by atoms with Gasteiger partial charge in [-0.1, -0.05) is 52.0 Å². The van der Waals surface area contributed by atoms with Gasteiger partial charge in [0, 0.05) is 23.6 Å².